The van der Waals surface area contributed by atoms with Crippen molar-refractivity contribution in [2.45, 2.75) is 52.3 Å². The van der Waals surface area contributed by atoms with Crippen LogP contribution in [0.4, 0.5) is 0 Å². The lowest BCUT2D eigenvalue weighted by Crippen LogP contribution is -2.42. The van der Waals surface area contributed by atoms with Crippen LogP contribution >= 0.6 is 11.3 Å². The number of nitrogens with zero attached hydrogens (tertiary/aromatic N) is 2. The lowest BCUT2D eigenvalue weighted by molar-refractivity contribution is -0.0403. The molecule has 0 saturated carbocycles. The third kappa shape index (κ3) is 3.34. The molecule has 1 aromatic rings. The number of morpholine rings is 1. The van der Waals surface area contributed by atoms with Crippen LogP contribution in [0.3, 0.4) is 0 Å². The first-order valence-electron chi connectivity index (χ1n) is 7.08. The highest BCUT2D eigenvalue weighted by Crippen LogP contribution is 2.32. The van der Waals surface area contributed by atoms with Crippen molar-refractivity contribution in [3.63, 3.8) is 0 Å². The number of aromatic nitrogens is 1. The standard InChI is InChI=1S/C14H25N3OS/c1-9(2)13-12(7-15)19-14(16-13)11-8-17(10(3)4)5-6-18-11/h9-11H,5-8,15H2,1-4H3. The second kappa shape index (κ2) is 6.31. The summed E-state index contributed by atoms with van der Waals surface area (Å²) in [6.07, 6.45) is 0.110. The zero-order valence-corrected chi connectivity index (χ0v) is 13.2. The van der Waals surface area contributed by atoms with Crippen LogP contribution in [0.2, 0.25) is 0 Å². The predicted molar refractivity (Wildman–Crippen MR) is 79.5 cm³/mol. The average Bonchev–Trinajstić information content (AvgIpc) is 2.83. The van der Waals surface area contributed by atoms with E-state index in [9.17, 15) is 0 Å². The van der Waals surface area contributed by atoms with E-state index in [1.165, 1.54) is 4.88 Å². The number of thiazole rings is 1. The average molecular weight is 283 g/mol. The van der Waals surface area contributed by atoms with Crippen LogP contribution in [0.5, 0.6) is 0 Å². The second-order valence-electron chi connectivity index (χ2n) is 5.67. The van der Waals surface area contributed by atoms with E-state index in [2.05, 4.69) is 32.6 Å². The minimum absolute atomic E-state index is 0.110. The van der Waals surface area contributed by atoms with Crippen LogP contribution in [0, 0.1) is 0 Å². The third-order valence-corrected chi connectivity index (χ3v) is 4.77. The van der Waals surface area contributed by atoms with Gasteiger partial charge in [0, 0.05) is 30.6 Å². The maximum atomic E-state index is 5.90. The van der Waals surface area contributed by atoms with Crippen LogP contribution in [-0.2, 0) is 11.3 Å². The Balaban J connectivity index is 2.17. The molecule has 108 valence electrons. The lowest BCUT2D eigenvalue weighted by Gasteiger charge is -2.34. The minimum atomic E-state index is 0.110. The fourth-order valence-corrected chi connectivity index (χ4v) is 3.54. The summed E-state index contributed by atoms with van der Waals surface area (Å²) in [5.74, 6) is 0.424. The number of hydrogen-bond donors (Lipinski definition) is 1. The van der Waals surface area contributed by atoms with Crippen LogP contribution in [0.15, 0.2) is 0 Å². The number of nitrogens with two attached hydrogens (primary N) is 1. The fourth-order valence-electron chi connectivity index (χ4n) is 2.41. The Morgan fingerprint density at radius 1 is 1.42 bits per heavy atom. The monoisotopic (exact) mass is 283 g/mol. The molecule has 2 heterocycles. The molecule has 2 rings (SSSR count). The largest absolute Gasteiger partial charge is 0.368 e. The van der Waals surface area contributed by atoms with Crippen LogP contribution in [0.25, 0.3) is 0 Å². The van der Waals surface area contributed by atoms with Gasteiger partial charge in [-0.3, -0.25) is 4.90 Å². The summed E-state index contributed by atoms with van der Waals surface area (Å²) < 4.78 is 5.90. The topological polar surface area (TPSA) is 51.4 Å². The van der Waals surface area contributed by atoms with Crippen molar-refractivity contribution in [3.05, 3.63) is 15.6 Å². The Bertz CT molecular complexity index is 417. The Morgan fingerprint density at radius 3 is 2.68 bits per heavy atom. The molecule has 19 heavy (non-hydrogen) atoms. The molecular weight excluding hydrogens is 258 g/mol. The minimum Gasteiger partial charge on any atom is -0.368 e. The summed E-state index contributed by atoms with van der Waals surface area (Å²) in [5.41, 5.74) is 6.97. The van der Waals surface area contributed by atoms with E-state index in [0.717, 1.165) is 30.4 Å². The molecule has 1 aliphatic heterocycles. The first-order chi connectivity index (χ1) is 9.02. The van der Waals surface area contributed by atoms with E-state index in [-0.39, 0.29) is 6.10 Å². The molecule has 0 aliphatic carbocycles. The Hall–Kier alpha value is -0.490. The second-order valence-corrected chi connectivity index (χ2v) is 6.78. The van der Waals surface area contributed by atoms with Crippen molar-refractivity contribution >= 4 is 11.3 Å². The Morgan fingerprint density at radius 2 is 2.16 bits per heavy atom. The molecule has 1 aromatic heterocycles. The quantitative estimate of drug-likeness (QED) is 0.922. The highest BCUT2D eigenvalue weighted by molar-refractivity contribution is 7.11. The van der Waals surface area contributed by atoms with Gasteiger partial charge in [0.15, 0.2) is 0 Å². The molecule has 0 bridgehead atoms. The zero-order valence-electron chi connectivity index (χ0n) is 12.3. The van der Waals surface area contributed by atoms with Crippen molar-refractivity contribution in [2.24, 2.45) is 5.73 Å². The van der Waals surface area contributed by atoms with E-state index in [0.29, 0.717) is 18.5 Å². The van der Waals surface area contributed by atoms with E-state index >= 15 is 0 Å². The van der Waals surface area contributed by atoms with Gasteiger partial charge in [-0.25, -0.2) is 4.98 Å². The van der Waals surface area contributed by atoms with Gasteiger partial charge in [0.05, 0.1) is 12.3 Å². The highest BCUT2D eigenvalue weighted by Gasteiger charge is 2.27. The third-order valence-electron chi connectivity index (χ3n) is 3.58. The SMILES string of the molecule is CC(C)c1nc(C2CN(C(C)C)CCO2)sc1CN. The van der Waals surface area contributed by atoms with E-state index < -0.39 is 0 Å². The molecule has 1 saturated heterocycles. The van der Waals surface area contributed by atoms with E-state index in [1.807, 2.05) is 0 Å². The fraction of sp³-hybridized carbons (Fsp3) is 0.786. The van der Waals surface area contributed by atoms with Gasteiger partial charge in [-0.2, -0.15) is 0 Å². The maximum absolute atomic E-state index is 5.90. The summed E-state index contributed by atoms with van der Waals surface area (Å²) in [5, 5.41) is 1.09. The summed E-state index contributed by atoms with van der Waals surface area (Å²) in [7, 11) is 0. The normalized spacial score (nSPS) is 21.5. The summed E-state index contributed by atoms with van der Waals surface area (Å²) in [6, 6.07) is 0.560. The molecular formula is C14H25N3OS. The number of ether oxygens (including phenoxy) is 1. The molecule has 1 atom stereocenters. The van der Waals surface area contributed by atoms with Gasteiger partial charge in [0.25, 0.3) is 0 Å². The highest BCUT2D eigenvalue weighted by atomic mass is 32.1. The van der Waals surface area contributed by atoms with Crippen molar-refractivity contribution in [2.75, 3.05) is 19.7 Å². The summed E-state index contributed by atoms with van der Waals surface area (Å²) in [6.45, 7) is 12.1. The predicted octanol–water partition coefficient (Wildman–Crippen LogP) is 2.51. The van der Waals surface area contributed by atoms with Gasteiger partial charge < -0.3 is 10.5 Å². The molecule has 1 fully saturated rings. The molecule has 0 spiro atoms. The maximum Gasteiger partial charge on any atom is 0.123 e. The molecule has 4 nitrogen and oxygen atoms in total. The molecule has 5 heteroatoms. The lowest BCUT2D eigenvalue weighted by atomic mass is 10.1. The van der Waals surface area contributed by atoms with Crippen molar-refractivity contribution in [1.82, 2.24) is 9.88 Å². The molecule has 0 radical (unpaired) electrons. The molecule has 1 aliphatic rings. The van der Waals surface area contributed by atoms with E-state index in [4.69, 9.17) is 15.5 Å². The van der Waals surface area contributed by atoms with Gasteiger partial charge in [0.1, 0.15) is 11.1 Å². The molecule has 1 unspecified atom stereocenters. The van der Waals surface area contributed by atoms with Crippen LogP contribution in [0.1, 0.15) is 55.3 Å². The number of rotatable bonds is 4. The van der Waals surface area contributed by atoms with Crippen molar-refractivity contribution in [3.8, 4) is 0 Å². The Kier molecular flexibility index (Phi) is 4.95. The van der Waals surface area contributed by atoms with Gasteiger partial charge >= 0.3 is 0 Å². The van der Waals surface area contributed by atoms with Gasteiger partial charge in [-0.15, -0.1) is 11.3 Å². The van der Waals surface area contributed by atoms with Crippen molar-refractivity contribution in [1.29, 1.82) is 0 Å². The summed E-state index contributed by atoms with van der Waals surface area (Å²) in [4.78, 5) is 8.44. The Labute approximate surface area is 120 Å². The first kappa shape index (κ1) is 14.9. The van der Waals surface area contributed by atoms with Crippen LogP contribution < -0.4 is 5.73 Å². The van der Waals surface area contributed by atoms with Crippen molar-refractivity contribution < 1.29 is 4.74 Å². The molecule has 2 N–H and O–H groups in total. The molecule has 0 aromatic carbocycles. The van der Waals surface area contributed by atoms with Crippen LogP contribution in [-0.4, -0.2) is 35.6 Å². The summed E-state index contributed by atoms with van der Waals surface area (Å²) >= 11 is 1.72. The molecule has 0 amide bonds. The van der Waals surface area contributed by atoms with Gasteiger partial charge in [0.2, 0.25) is 0 Å². The van der Waals surface area contributed by atoms with Gasteiger partial charge in [-0.1, -0.05) is 13.8 Å². The first-order valence-corrected chi connectivity index (χ1v) is 7.89. The number of hydrogen-bond acceptors (Lipinski definition) is 5. The van der Waals surface area contributed by atoms with E-state index in [1.54, 1.807) is 11.3 Å². The smallest absolute Gasteiger partial charge is 0.123 e. The van der Waals surface area contributed by atoms with Gasteiger partial charge in [-0.05, 0) is 19.8 Å². The zero-order chi connectivity index (χ0) is 14.0.